The zero-order valence-electron chi connectivity index (χ0n) is 23.7. The number of fused-ring (bicyclic) bond motifs is 8. The summed E-state index contributed by atoms with van der Waals surface area (Å²) in [5.41, 5.74) is 18.3. The van der Waals surface area contributed by atoms with Gasteiger partial charge < -0.3 is 15.7 Å². The summed E-state index contributed by atoms with van der Waals surface area (Å²) in [4.78, 5) is 17.2. The maximum atomic E-state index is 5.36. The van der Waals surface area contributed by atoms with Gasteiger partial charge in [0.15, 0.2) is 0 Å². The number of rotatable bonds is 2. The van der Waals surface area contributed by atoms with Gasteiger partial charge in [-0.25, -0.2) is 9.97 Å². The van der Waals surface area contributed by atoms with Gasteiger partial charge in [-0.15, -0.1) is 0 Å². The van der Waals surface area contributed by atoms with Crippen LogP contribution in [0.4, 0.5) is 5.69 Å². The number of hydrogen-bond acceptors (Lipinski definition) is 3. The molecule has 44 heavy (non-hydrogen) atoms. The summed E-state index contributed by atoms with van der Waals surface area (Å²) in [6, 6.07) is 42.9. The van der Waals surface area contributed by atoms with Crippen LogP contribution < -0.4 is 5.73 Å². The summed E-state index contributed by atoms with van der Waals surface area (Å²) in [5.74, 6) is 0. The number of nitrogen functional groups attached to an aromatic ring is 1. The summed E-state index contributed by atoms with van der Waals surface area (Å²) in [5, 5.41) is 0. The van der Waals surface area contributed by atoms with E-state index < -0.39 is 0 Å². The van der Waals surface area contributed by atoms with Crippen molar-refractivity contribution in [2.75, 3.05) is 5.73 Å². The number of hydrogen-bond donors (Lipinski definition) is 3. The van der Waals surface area contributed by atoms with Crippen LogP contribution in [0.5, 0.6) is 0 Å². The van der Waals surface area contributed by atoms with Gasteiger partial charge in [-0.05, 0) is 84.0 Å². The van der Waals surface area contributed by atoms with Gasteiger partial charge in [-0.3, -0.25) is 0 Å². The number of nitrogens with one attached hydrogen (secondary N) is 2. The molecule has 5 nitrogen and oxygen atoms in total. The van der Waals surface area contributed by atoms with E-state index in [2.05, 4.69) is 119 Å². The molecule has 6 heteroatoms. The van der Waals surface area contributed by atoms with Gasteiger partial charge in [0.1, 0.15) is 0 Å². The summed E-state index contributed by atoms with van der Waals surface area (Å²) in [6.07, 6.45) is 8.32. The molecular weight excluding hydrogens is 590 g/mol. The molecule has 0 fully saturated rings. The smallest absolute Gasteiger partial charge is 0.0736 e. The van der Waals surface area contributed by atoms with Crippen molar-refractivity contribution in [3.05, 3.63) is 150 Å². The average Bonchev–Trinajstić information content (AvgIpc) is 3.86. The van der Waals surface area contributed by atoms with Gasteiger partial charge in [-0.1, -0.05) is 78.9 Å². The molecule has 0 saturated carbocycles. The molecule has 0 unspecified atom stereocenters. The van der Waals surface area contributed by atoms with Crippen LogP contribution in [0.25, 0.3) is 68.6 Å². The third kappa shape index (κ3) is 6.18. The molecule has 4 N–H and O–H groups in total. The van der Waals surface area contributed by atoms with E-state index in [-0.39, 0.29) is 17.1 Å². The Morgan fingerprint density at radius 3 is 1.25 bits per heavy atom. The van der Waals surface area contributed by atoms with E-state index in [1.54, 1.807) is 0 Å². The Kier molecular flexibility index (Phi) is 8.37. The Labute approximate surface area is 266 Å². The Morgan fingerprint density at radius 2 is 0.864 bits per heavy atom. The first-order chi connectivity index (χ1) is 21.2. The van der Waals surface area contributed by atoms with Crippen LogP contribution in [0.15, 0.2) is 127 Å². The molecule has 8 rings (SSSR count). The van der Waals surface area contributed by atoms with Crippen molar-refractivity contribution < 1.29 is 17.1 Å². The molecule has 0 atom stereocenters. The van der Waals surface area contributed by atoms with Crippen LogP contribution in [0, 0.1) is 0 Å². The summed E-state index contributed by atoms with van der Waals surface area (Å²) < 4.78 is 0. The van der Waals surface area contributed by atoms with E-state index in [9.17, 15) is 0 Å². The third-order valence-electron chi connectivity index (χ3n) is 7.32. The Morgan fingerprint density at radius 1 is 0.455 bits per heavy atom. The first kappa shape index (κ1) is 28.7. The Hall–Kier alpha value is -5.42. The minimum atomic E-state index is 0. The number of nitrogens with two attached hydrogens (primary N) is 1. The van der Waals surface area contributed by atoms with Gasteiger partial charge in [0, 0.05) is 55.9 Å². The second-order valence-electron chi connectivity index (χ2n) is 10.3. The molecule has 2 aliphatic heterocycles. The van der Waals surface area contributed by atoms with Crippen LogP contribution in [0.1, 0.15) is 22.8 Å². The zero-order valence-corrected chi connectivity index (χ0v) is 24.6. The molecule has 1 radical (unpaired) electrons. The molecule has 0 amide bonds. The molecule has 3 aromatic heterocycles. The monoisotopic (exact) mass is 618 g/mol. The molecule has 0 spiro atoms. The van der Waals surface area contributed by atoms with Crippen LogP contribution >= 0.6 is 0 Å². The summed E-state index contributed by atoms with van der Waals surface area (Å²) in [6.45, 7) is 0. The van der Waals surface area contributed by atoms with E-state index >= 15 is 0 Å². The van der Waals surface area contributed by atoms with Gasteiger partial charge in [0.05, 0.1) is 22.8 Å². The predicted octanol–water partition coefficient (Wildman–Crippen LogP) is 9.26. The van der Waals surface area contributed by atoms with E-state index in [4.69, 9.17) is 15.7 Å². The maximum Gasteiger partial charge on any atom is 0.0736 e. The van der Waals surface area contributed by atoms with E-state index in [0.29, 0.717) is 0 Å². The molecule has 6 aromatic rings. The second kappa shape index (κ2) is 12.8. The number of H-pyrrole nitrogens is 2. The Bertz CT molecular complexity index is 1990. The quantitative estimate of drug-likeness (QED) is 0.133. The average molecular weight is 619 g/mol. The maximum absolute atomic E-state index is 5.36. The number of para-hydroxylation sites is 1. The van der Waals surface area contributed by atoms with E-state index in [1.165, 1.54) is 0 Å². The normalized spacial score (nSPS) is 11.4. The topological polar surface area (TPSA) is 83.4 Å². The van der Waals surface area contributed by atoms with Crippen LogP contribution in [-0.2, 0) is 17.1 Å². The fourth-order valence-corrected chi connectivity index (χ4v) is 5.34. The van der Waals surface area contributed by atoms with Crippen molar-refractivity contribution in [3.8, 4) is 22.3 Å². The van der Waals surface area contributed by atoms with Crippen molar-refractivity contribution in [3.63, 3.8) is 0 Å². The third-order valence-corrected chi connectivity index (χ3v) is 7.32. The number of aromatic nitrogens is 4. The number of aromatic amines is 2. The molecule has 3 aromatic carbocycles. The summed E-state index contributed by atoms with van der Waals surface area (Å²) in [7, 11) is 0. The largest absolute Gasteiger partial charge is 0.399 e. The minimum Gasteiger partial charge on any atom is -0.399 e. The van der Waals surface area contributed by atoms with Gasteiger partial charge >= 0.3 is 0 Å². The molecule has 8 bridgehead atoms. The number of nitrogens with zero attached hydrogens (tertiary/aromatic N) is 2. The molecule has 2 aliphatic rings. The SMILES string of the molecule is C1=Cc2nc1cc1ccc([nH]1)c(-c1ccccc1)c1nc(cc3ccc([nH]3)c2-c2ccccc2)C=C1.Nc1ccccc1.[Cu]. The predicted molar refractivity (Wildman–Crippen MR) is 181 cm³/mol. The number of anilines is 1. The van der Waals surface area contributed by atoms with Crippen LogP contribution in [0.3, 0.4) is 0 Å². The molecule has 217 valence electrons. The fourth-order valence-electron chi connectivity index (χ4n) is 5.34. The first-order valence-electron chi connectivity index (χ1n) is 14.2. The standard InChI is InChI=1S/C32H22N4.C6H7N.Cu/c1-3-7-21(8-4-1)31-27-15-11-23(33-27)19-25-13-17-29(35-25)32(22-9-5-2-6-10-22)30-18-14-26(36-30)20-24-12-16-28(31)34-24;7-6-4-2-1-3-5-6;/h1-20,33,36H;1-5H,7H2;. The van der Waals surface area contributed by atoms with Crippen molar-refractivity contribution >= 4 is 52.1 Å². The minimum absolute atomic E-state index is 0. The zero-order chi connectivity index (χ0) is 29.0. The summed E-state index contributed by atoms with van der Waals surface area (Å²) >= 11 is 0. The second-order valence-corrected chi connectivity index (χ2v) is 10.3. The van der Waals surface area contributed by atoms with Gasteiger partial charge in [-0.2, -0.15) is 0 Å². The van der Waals surface area contributed by atoms with E-state index in [0.717, 1.165) is 72.8 Å². The van der Waals surface area contributed by atoms with Gasteiger partial charge in [0.25, 0.3) is 0 Å². The van der Waals surface area contributed by atoms with Gasteiger partial charge in [0.2, 0.25) is 0 Å². The van der Waals surface area contributed by atoms with Crippen molar-refractivity contribution in [2.24, 2.45) is 0 Å². The molecule has 5 heterocycles. The van der Waals surface area contributed by atoms with Crippen molar-refractivity contribution in [2.45, 2.75) is 0 Å². The molecule has 0 aliphatic carbocycles. The first-order valence-corrected chi connectivity index (χ1v) is 14.2. The van der Waals surface area contributed by atoms with Crippen LogP contribution in [-0.4, -0.2) is 19.9 Å². The van der Waals surface area contributed by atoms with Crippen LogP contribution in [0.2, 0.25) is 0 Å². The molecular formula is C38H29CuN5. The fraction of sp³-hybridized carbons (Fsp3) is 0. The number of benzene rings is 3. The Balaban J connectivity index is 0.000000381. The van der Waals surface area contributed by atoms with Crippen molar-refractivity contribution in [1.82, 2.24) is 19.9 Å². The van der Waals surface area contributed by atoms with E-state index in [1.807, 2.05) is 42.5 Å². The van der Waals surface area contributed by atoms with Crippen molar-refractivity contribution in [1.29, 1.82) is 0 Å². The molecule has 0 saturated heterocycles.